The van der Waals surface area contributed by atoms with Crippen LogP contribution in [0.3, 0.4) is 0 Å². The topological polar surface area (TPSA) is 30.5 Å². The summed E-state index contributed by atoms with van der Waals surface area (Å²) in [4.78, 5) is 0. The normalized spacial score (nSPS) is 13.0. The summed E-state index contributed by atoms with van der Waals surface area (Å²) in [7, 11) is 1.69. The molecular weight excluding hydrogens is 262 g/mol. The number of nitrogens with one attached hydrogen (secondary N) is 1. The smallest absolute Gasteiger partial charge is 0.161 e. The monoisotopic (exact) mass is 293 g/mol. The van der Waals surface area contributed by atoms with Crippen LogP contribution in [-0.4, -0.2) is 19.3 Å². The van der Waals surface area contributed by atoms with Gasteiger partial charge < -0.3 is 14.8 Å². The lowest BCUT2D eigenvalue weighted by Crippen LogP contribution is -2.35. The van der Waals surface area contributed by atoms with Crippen molar-refractivity contribution in [3.8, 4) is 11.5 Å². The van der Waals surface area contributed by atoms with Crippen molar-refractivity contribution < 1.29 is 9.47 Å². The molecule has 1 N–H and O–H groups in total. The predicted molar refractivity (Wildman–Crippen MR) is 89.2 cm³/mol. The molecular formula is C18H31NO2. The molecule has 1 aromatic rings. The average Bonchev–Trinajstić information content (AvgIpc) is 2.42. The first kappa shape index (κ1) is 17.8. The van der Waals surface area contributed by atoms with Gasteiger partial charge in [0, 0.05) is 12.1 Å². The van der Waals surface area contributed by atoms with Gasteiger partial charge in [-0.25, -0.2) is 0 Å². The maximum Gasteiger partial charge on any atom is 0.161 e. The van der Waals surface area contributed by atoms with Gasteiger partial charge in [-0.1, -0.05) is 26.3 Å². The predicted octanol–water partition coefficient (Wildman–Crippen LogP) is 4.40. The third-order valence-electron chi connectivity index (χ3n) is 3.36. The van der Waals surface area contributed by atoms with Gasteiger partial charge in [-0.15, -0.1) is 0 Å². The lowest BCUT2D eigenvalue weighted by atomic mass is 10.1. The summed E-state index contributed by atoms with van der Waals surface area (Å²) < 4.78 is 11.4. The lowest BCUT2D eigenvalue weighted by molar-refractivity contribution is 0.240. The van der Waals surface area contributed by atoms with Crippen LogP contribution >= 0.6 is 0 Å². The zero-order valence-corrected chi connectivity index (χ0v) is 14.5. The summed E-state index contributed by atoms with van der Waals surface area (Å²) in [5.74, 6) is 2.22. The van der Waals surface area contributed by atoms with E-state index in [9.17, 15) is 0 Å². The number of hydrogen-bond acceptors (Lipinski definition) is 3. The van der Waals surface area contributed by atoms with Crippen LogP contribution < -0.4 is 14.8 Å². The molecule has 0 saturated heterocycles. The molecule has 21 heavy (non-hydrogen) atoms. The summed E-state index contributed by atoms with van der Waals surface area (Å²) in [6.45, 7) is 12.5. The third-order valence-corrected chi connectivity index (χ3v) is 3.36. The Bertz CT molecular complexity index is 424. The Labute approximate surface area is 130 Å². The summed E-state index contributed by atoms with van der Waals surface area (Å²) in [6, 6.07) is 6.16. The Balaban J connectivity index is 2.66. The number of methoxy groups -OCH3 is 1. The molecule has 0 saturated carbocycles. The van der Waals surface area contributed by atoms with Crippen molar-refractivity contribution in [3.05, 3.63) is 23.8 Å². The van der Waals surface area contributed by atoms with E-state index in [2.05, 4.69) is 52.1 Å². The van der Waals surface area contributed by atoms with Crippen LogP contribution in [0.5, 0.6) is 11.5 Å². The van der Waals surface area contributed by atoms with Crippen molar-refractivity contribution >= 4 is 0 Å². The van der Waals surface area contributed by atoms with Crippen LogP contribution in [0, 0.1) is 5.92 Å². The minimum atomic E-state index is 0.109. The summed E-state index contributed by atoms with van der Waals surface area (Å²) in [6.07, 6.45) is 2.38. The molecule has 1 aromatic carbocycles. The van der Waals surface area contributed by atoms with E-state index in [1.807, 2.05) is 6.07 Å². The Morgan fingerprint density at radius 2 is 1.90 bits per heavy atom. The molecule has 0 fully saturated rings. The number of hydrogen-bond donors (Lipinski definition) is 1. The molecule has 0 radical (unpaired) electrons. The molecule has 0 amide bonds. The highest BCUT2D eigenvalue weighted by molar-refractivity contribution is 5.43. The summed E-state index contributed by atoms with van der Waals surface area (Å²) in [5, 5.41) is 3.48. The van der Waals surface area contributed by atoms with E-state index in [4.69, 9.17) is 9.47 Å². The van der Waals surface area contributed by atoms with E-state index < -0.39 is 0 Å². The van der Waals surface area contributed by atoms with Crippen LogP contribution in [0.4, 0.5) is 0 Å². The van der Waals surface area contributed by atoms with Gasteiger partial charge in [0.1, 0.15) is 0 Å². The molecule has 3 nitrogen and oxygen atoms in total. The van der Waals surface area contributed by atoms with Crippen LogP contribution in [-0.2, 0) is 6.54 Å². The second kappa shape index (κ2) is 8.28. The largest absolute Gasteiger partial charge is 0.493 e. The van der Waals surface area contributed by atoms with Gasteiger partial charge in [0.15, 0.2) is 11.5 Å². The maximum absolute atomic E-state index is 5.90. The first-order valence-electron chi connectivity index (χ1n) is 7.90. The first-order chi connectivity index (χ1) is 9.85. The quantitative estimate of drug-likeness (QED) is 0.770. The van der Waals surface area contributed by atoms with E-state index in [-0.39, 0.29) is 5.54 Å². The second-order valence-electron chi connectivity index (χ2n) is 6.79. The van der Waals surface area contributed by atoms with E-state index in [0.29, 0.717) is 5.92 Å². The second-order valence-corrected chi connectivity index (χ2v) is 6.79. The Kier molecular flexibility index (Phi) is 7.03. The summed E-state index contributed by atoms with van der Waals surface area (Å²) >= 11 is 0. The lowest BCUT2D eigenvalue weighted by Gasteiger charge is -2.21. The van der Waals surface area contributed by atoms with Crippen molar-refractivity contribution in [1.82, 2.24) is 5.32 Å². The average molecular weight is 293 g/mol. The van der Waals surface area contributed by atoms with Gasteiger partial charge in [0.2, 0.25) is 0 Å². The highest BCUT2D eigenvalue weighted by Gasteiger charge is 2.11. The van der Waals surface area contributed by atoms with Gasteiger partial charge in [-0.3, -0.25) is 0 Å². The fourth-order valence-corrected chi connectivity index (χ4v) is 2.12. The molecule has 0 aliphatic heterocycles. The van der Waals surface area contributed by atoms with E-state index in [1.165, 1.54) is 18.4 Å². The van der Waals surface area contributed by atoms with Gasteiger partial charge in [-0.2, -0.15) is 0 Å². The zero-order chi connectivity index (χ0) is 15.9. The number of rotatable bonds is 8. The summed E-state index contributed by atoms with van der Waals surface area (Å²) in [5.41, 5.74) is 1.31. The molecule has 3 heteroatoms. The van der Waals surface area contributed by atoms with E-state index >= 15 is 0 Å². The highest BCUT2D eigenvalue weighted by atomic mass is 16.5. The van der Waals surface area contributed by atoms with Gasteiger partial charge >= 0.3 is 0 Å². The molecule has 0 aliphatic rings. The van der Waals surface area contributed by atoms with Gasteiger partial charge in [0.25, 0.3) is 0 Å². The van der Waals surface area contributed by atoms with Crippen molar-refractivity contribution in [3.63, 3.8) is 0 Å². The van der Waals surface area contributed by atoms with Crippen molar-refractivity contribution in [2.45, 2.75) is 59.5 Å². The SMILES string of the molecule is CCCC(C)COc1ccc(CNC(C)(C)C)cc1OC. The number of benzene rings is 1. The zero-order valence-electron chi connectivity index (χ0n) is 14.5. The van der Waals surface area contributed by atoms with Crippen LogP contribution in [0.25, 0.3) is 0 Å². The van der Waals surface area contributed by atoms with E-state index in [1.54, 1.807) is 7.11 Å². The fourth-order valence-electron chi connectivity index (χ4n) is 2.12. The van der Waals surface area contributed by atoms with Crippen molar-refractivity contribution in [2.75, 3.05) is 13.7 Å². The standard InChI is InChI=1S/C18H31NO2/c1-7-8-14(2)13-21-16-10-9-15(11-17(16)20-6)12-19-18(3,4)5/h9-11,14,19H,7-8,12-13H2,1-6H3. The van der Waals surface area contributed by atoms with Crippen LogP contribution in [0.2, 0.25) is 0 Å². The Morgan fingerprint density at radius 1 is 1.19 bits per heavy atom. The molecule has 1 unspecified atom stereocenters. The van der Waals surface area contributed by atoms with E-state index in [0.717, 1.165) is 24.7 Å². The molecule has 0 spiro atoms. The first-order valence-corrected chi connectivity index (χ1v) is 7.90. The maximum atomic E-state index is 5.90. The van der Waals surface area contributed by atoms with Crippen LogP contribution in [0.15, 0.2) is 18.2 Å². The molecule has 0 heterocycles. The van der Waals surface area contributed by atoms with Gasteiger partial charge in [0.05, 0.1) is 13.7 Å². The third kappa shape index (κ3) is 6.85. The molecule has 120 valence electrons. The highest BCUT2D eigenvalue weighted by Crippen LogP contribution is 2.29. The molecule has 1 atom stereocenters. The minimum absolute atomic E-state index is 0.109. The van der Waals surface area contributed by atoms with Crippen LogP contribution in [0.1, 0.15) is 53.0 Å². The van der Waals surface area contributed by atoms with Crippen molar-refractivity contribution in [2.24, 2.45) is 5.92 Å². The number of ether oxygens (including phenoxy) is 2. The molecule has 0 aliphatic carbocycles. The molecule has 0 aromatic heterocycles. The Morgan fingerprint density at radius 3 is 2.48 bits per heavy atom. The fraction of sp³-hybridized carbons (Fsp3) is 0.667. The van der Waals surface area contributed by atoms with Gasteiger partial charge in [-0.05, 0) is 50.8 Å². The Hall–Kier alpha value is -1.22. The minimum Gasteiger partial charge on any atom is -0.493 e. The molecule has 0 bridgehead atoms. The van der Waals surface area contributed by atoms with Crippen molar-refractivity contribution in [1.29, 1.82) is 0 Å². The molecule has 1 rings (SSSR count).